The van der Waals surface area contributed by atoms with Crippen LogP contribution in [0.25, 0.3) is 0 Å². The van der Waals surface area contributed by atoms with Gasteiger partial charge in [-0.15, -0.1) is 0 Å². The molecular formula is C15H21F3N4O2. The molecule has 0 aromatic carbocycles. The summed E-state index contributed by atoms with van der Waals surface area (Å²) in [5.41, 5.74) is -0.315. The lowest BCUT2D eigenvalue weighted by atomic mass is 9.75. The Kier molecular flexibility index (Phi) is 5.51. The van der Waals surface area contributed by atoms with Gasteiger partial charge in [0.2, 0.25) is 0 Å². The Labute approximate surface area is 138 Å². The first-order valence-corrected chi connectivity index (χ1v) is 7.80. The highest BCUT2D eigenvalue weighted by Gasteiger charge is 2.35. The molecule has 2 atom stereocenters. The molecule has 134 valence electrons. The molecule has 9 heteroatoms. The van der Waals surface area contributed by atoms with Crippen molar-refractivity contribution >= 4 is 11.8 Å². The molecule has 0 saturated heterocycles. The zero-order valence-corrected chi connectivity index (χ0v) is 13.6. The van der Waals surface area contributed by atoms with E-state index in [1.807, 2.05) is 6.92 Å². The minimum atomic E-state index is -4.48. The van der Waals surface area contributed by atoms with Crippen LogP contribution in [0.15, 0.2) is 12.3 Å². The smallest absolute Gasteiger partial charge is 0.422 e. The molecule has 1 fully saturated rings. The maximum Gasteiger partial charge on any atom is 0.422 e. The van der Waals surface area contributed by atoms with E-state index >= 15 is 0 Å². The molecule has 24 heavy (non-hydrogen) atoms. The van der Waals surface area contributed by atoms with E-state index in [2.05, 4.69) is 32.3 Å². The third-order valence-corrected chi connectivity index (χ3v) is 4.31. The summed E-state index contributed by atoms with van der Waals surface area (Å²) in [6, 6.07) is 0.487. The highest BCUT2D eigenvalue weighted by molar-refractivity contribution is 5.88. The Hall–Kier alpha value is -2.06. The van der Waals surface area contributed by atoms with Crippen LogP contribution in [-0.4, -0.2) is 34.3 Å². The number of ether oxygens (including phenoxy) is 1. The van der Waals surface area contributed by atoms with E-state index in [1.165, 1.54) is 12.3 Å². The van der Waals surface area contributed by atoms with Crippen LogP contribution in [0.3, 0.4) is 0 Å². The summed E-state index contributed by atoms with van der Waals surface area (Å²) >= 11 is 0. The molecule has 2 rings (SSSR count). The lowest BCUT2D eigenvalue weighted by molar-refractivity contribution is -0.154. The molecule has 1 heterocycles. The summed E-state index contributed by atoms with van der Waals surface area (Å²) in [5, 5.41) is 5.45. The van der Waals surface area contributed by atoms with Crippen LogP contribution >= 0.6 is 0 Å². The highest BCUT2D eigenvalue weighted by atomic mass is 19.4. The number of hydrogen-bond donors (Lipinski definition) is 2. The van der Waals surface area contributed by atoms with Gasteiger partial charge in [0.05, 0.1) is 0 Å². The summed E-state index contributed by atoms with van der Waals surface area (Å²) in [7, 11) is 0. The van der Waals surface area contributed by atoms with Gasteiger partial charge in [-0.05, 0) is 31.7 Å². The second-order valence-corrected chi connectivity index (χ2v) is 6.27. The largest absolute Gasteiger partial charge is 0.454 e. The van der Waals surface area contributed by atoms with Crippen molar-refractivity contribution in [2.45, 2.75) is 51.2 Å². The van der Waals surface area contributed by atoms with E-state index in [1.54, 1.807) is 0 Å². The summed E-state index contributed by atoms with van der Waals surface area (Å²) in [6.45, 7) is 2.60. The molecule has 0 aliphatic heterocycles. The first-order chi connectivity index (χ1) is 11.2. The third-order valence-electron chi connectivity index (χ3n) is 4.31. The van der Waals surface area contributed by atoms with Crippen molar-refractivity contribution in [3.8, 4) is 6.01 Å². The van der Waals surface area contributed by atoms with Crippen molar-refractivity contribution in [2.75, 3.05) is 11.9 Å². The summed E-state index contributed by atoms with van der Waals surface area (Å²) in [5.74, 6) is 0.416. The first-order valence-electron chi connectivity index (χ1n) is 7.80. The first kappa shape index (κ1) is 18.3. The van der Waals surface area contributed by atoms with Crippen LogP contribution in [-0.2, 0) is 0 Å². The van der Waals surface area contributed by atoms with Crippen molar-refractivity contribution in [2.24, 2.45) is 5.92 Å². The highest BCUT2D eigenvalue weighted by Crippen LogP contribution is 2.33. The fourth-order valence-electron chi connectivity index (χ4n) is 2.73. The fourth-order valence-corrected chi connectivity index (χ4v) is 2.73. The molecular weight excluding hydrogens is 325 g/mol. The number of alkyl halides is 3. The van der Waals surface area contributed by atoms with E-state index in [0.29, 0.717) is 5.92 Å². The van der Waals surface area contributed by atoms with Crippen molar-refractivity contribution in [3.63, 3.8) is 0 Å². The molecule has 2 unspecified atom stereocenters. The number of urea groups is 1. The Morgan fingerprint density at radius 2 is 2.21 bits per heavy atom. The molecule has 6 nitrogen and oxygen atoms in total. The summed E-state index contributed by atoms with van der Waals surface area (Å²) < 4.78 is 40.9. The lowest BCUT2D eigenvalue weighted by Crippen LogP contribution is -2.53. The molecule has 0 spiro atoms. The second kappa shape index (κ2) is 7.23. The van der Waals surface area contributed by atoms with Gasteiger partial charge in [-0.3, -0.25) is 5.32 Å². The predicted octanol–water partition coefficient (Wildman–Crippen LogP) is 3.51. The molecule has 2 amide bonds. The molecule has 1 aliphatic rings. The average molecular weight is 346 g/mol. The molecule has 1 aromatic rings. The van der Waals surface area contributed by atoms with Gasteiger partial charge in [-0.1, -0.05) is 19.8 Å². The van der Waals surface area contributed by atoms with Gasteiger partial charge in [-0.25, -0.2) is 9.78 Å². The Bertz CT molecular complexity index is 582. The lowest BCUT2D eigenvalue weighted by Gasteiger charge is -2.40. The molecule has 1 aromatic heterocycles. The van der Waals surface area contributed by atoms with Crippen LogP contribution in [0.2, 0.25) is 0 Å². The van der Waals surface area contributed by atoms with E-state index < -0.39 is 24.8 Å². The van der Waals surface area contributed by atoms with Crippen LogP contribution in [0.5, 0.6) is 6.01 Å². The minimum absolute atomic E-state index is 0.0757. The molecule has 1 aliphatic carbocycles. The predicted molar refractivity (Wildman–Crippen MR) is 81.8 cm³/mol. The number of rotatable bonds is 4. The second-order valence-electron chi connectivity index (χ2n) is 6.27. The number of nitrogens with zero attached hydrogens (tertiary/aromatic N) is 2. The van der Waals surface area contributed by atoms with Crippen LogP contribution < -0.4 is 15.4 Å². The molecule has 2 N–H and O–H groups in total. The van der Waals surface area contributed by atoms with Crippen molar-refractivity contribution < 1.29 is 22.7 Å². The standard InChI is InChI=1S/C15H21F3N4O2/c1-10-5-3-4-7-14(10,2)22-12(23)20-11-6-8-19-13(21-11)24-9-15(16,17)18/h6,8,10H,3-5,7,9H2,1-2H3,(H2,19,20,21,22,23). The fraction of sp³-hybridized carbons (Fsp3) is 0.667. The molecule has 1 saturated carbocycles. The Balaban J connectivity index is 1.94. The Morgan fingerprint density at radius 1 is 1.46 bits per heavy atom. The number of anilines is 1. The maximum atomic E-state index is 12.2. The maximum absolute atomic E-state index is 12.2. The zero-order valence-electron chi connectivity index (χ0n) is 13.6. The van der Waals surface area contributed by atoms with E-state index in [-0.39, 0.29) is 11.4 Å². The van der Waals surface area contributed by atoms with Crippen LogP contribution in [0.1, 0.15) is 39.5 Å². The summed E-state index contributed by atoms with van der Waals surface area (Å²) in [6.07, 6.45) is 0.857. The number of amides is 2. The number of aromatic nitrogens is 2. The van der Waals surface area contributed by atoms with Crippen LogP contribution in [0, 0.1) is 5.92 Å². The van der Waals surface area contributed by atoms with E-state index in [9.17, 15) is 18.0 Å². The number of carbonyl (C=O) groups is 1. The van der Waals surface area contributed by atoms with Gasteiger partial charge in [0.25, 0.3) is 0 Å². The zero-order chi connectivity index (χ0) is 17.8. The number of halogens is 3. The van der Waals surface area contributed by atoms with Gasteiger partial charge in [-0.2, -0.15) is 18.2 Å². The van der Waals surface area contributed by atoms with Gasteiger partial charge < -0.3 is 10.1 Å². The van der Waals surface area contributed by atoms with Gasteiger partial charge in [0.15, 0.2) is 6.61 Å². The third kappa shape index (κ3) is 5.24. The van der Waals surface area contributed by atoms with Gasteiger partial charge in [0, 0.05) is 11.7 Å². The molecule has 0 bridgehead atoms. The normalized spacial score (nSPS) is 24.3. The minimum Gasteiger partial charge on any atom is -0.454 e. The number of carbonyl (C=O) groups excluding carboxylic acids is 1. The van der Waals surface area contributed by atoms with E-state index in [0.717, 1.165) is 25.7 Å². The Morgan fingerprint density at radius 3 is 2.88 bits per heavy atom. The van der Waals surface area contributed by atoms with Crippen molar-refractivity contribution in [3.05, 3.63) is 12.3 Å². The summed E-state index contributed by atoms with van der Waals surface area (Å²) in [4.78, 5) is 19.5. The number of nitrogens with one attached hydrogen (secondary N) is 2. The van der Waals surface area contributed by atoms with Crippen molar-refractivity contribution in [1.82, 2.24) is 15.3 Å². The SMILES string of the molecule is CC1CCCCC1(C)NC(=O)Nc1ccnc(OCC(F)(F)F)n1. The van der Waals surface area contributed by atoms with Gasteiger partial charge >= 0.3 is 18.2 Å². The van der Waals surface area contributed by atoms with Crippen molar-refractivity contribution in [1.29, 1.82) is 0 Å². The monoisotopic (exact) mass is 346 g/mol. The molecule has 0 radical (unpaired) electrons. The number of hydrogen-bond acceptors (Lipinski definition) is 4. The van der Waals surface area contributed by atoms with Crippen LogP contribution in [0.4, 0.5) is 23.8 Å². The average Bonchev–Trinajstić information content (AvgIpc) is 2.48. The quantitative estimate of drug-likeness (QED) is 0.875. The topological polar surface area (TPSA) is 76.1 Å². The van der Waals surface area contributed by atoms with E-state index in [4.69, 9.17) is 0 Å². The van der Waals surface area contributed by atoms with Gasteiger partial charge in [0.1, 0.15) is 5.82 Å².